The second-order valence-electron chi connectivity index (χ2n) is 2.76. The van der Waals surface area contributed by atoms with Gasteiger partial charge in [0.1, 0.15) is 5.75 Å². The Morgan fingerprint density at radius 2 is 2.23 bits per heavy atom. The average Bonchev–Trinajstić information content (AvgIpc) is 2.61. The van der Waals surface area contributed by atoms with Crippen LogP contribution in [0.1, 0.15) is 5.56 Å². The van der Waals surface area contributed by atoms with Crippen molar-refractivity contribution >= 4 is 0 Å². The molecule has 0 spiro atoms. The van der Waals surface area contributed by atoms with Crippen LogP contribution in [0.15, 0.2) is 18.2 Å². The minimum atomic E-state index is 0.159. The van der Waals surface area contributed by atoms with Crippen LogP contribution in [0.5, 0.6) is 5.75 Å². The van der Waals surface area contributed by atoms with E-state index >= 15 is 0 Å². The second-order valence-corrected chi connectivity index (χ2v) is 2.76. The molecular weight excluding hydrogens is 168 g/mol. The van der Waals surface area contributed by atoms with E-state index < -0.39 is 0 Å². The van der Waals surface area contributed by atoms with E-state index in [1.54, 1.807) is 12.1 Å². The molecule has 1 aromatic heterocycles. The van der Waals surface area contributed by atoms with E-state index in [0.717, 1.165) is 5.56 Å². The number of tetrazole rings is 1. The fraction of sp³-hybridized carbons (Fsp3) is 0.125. The van der Waals surface area contributed by atoms with Crippen LogP contribution < -0.4 is 0 Å². The molecule has 0 fully saturated rings. The zero-order valence-corrected chi connectivity index (χ0v) is 7.02. The van der Waals surface area contributed by atoms with Gasteiger partial charge in [-0.15, -0.1) is 10.2 Å². The van der Waals surface area contributed by atoms with Crippen LogP contribution in [0, 0.1) is 6.92 Å². The van der Waals surface area contributed by atoms with Crippen molar-refractivity contribution in [2.24, 2.45) is 0 Å². The topological polar surface area (TPSA) is 74.7 Å². The predicted octanol–water partition coefficient (Wildman–Crippen LogP) is 0.881. The van der Waals surface area contributed by atoms with Crippen LogP contribution in [0.4, 0.5) is 0 Å². The van der Waals surface area contributed by atoms with Crippen molar-refractivity contribution in [2.75, 3.05) is 0 Å². The van der Waals surface area contributed by atoms with E-state index in [2.05, 4.69) is 20.6 Å². The van der Waals surface area contributed by atoms with Crippen molar-refractivity contribution in [3.05, 3.63) is 23.8 Å². The van der Waals surface area contributed by atoms with Gasteiger partial charge in [-0.1, -0.05) is 11.6 Å². The third-order valence-corrected chi connectivity index (χ3v) is 1.74. The normalized spacial score (nSPS) is 10.2. The third kappa shape index (κ3) is 1.35. The Morgan fingerprint density at radius 1 is 1.38 bits per heavy atom. The molecule has 0 bridgehead atoms. The van der Waals surface area contributed by atoms with E-state index in [-0.39, 0.29) is 5.75 Å². The minimum absolute atomic E-state index is 0.159. The average molecular weight is 176 g/mol. The number of phenolic OH excluding ortho intramolecular Hbond substituents is 1. The van der Waals surface area contributed by atoms with Gasteiger partial charge in [0.2, 0.25) is 5.82 Å². The molecule has 5 nitrogen and oxygen atoms in total. The molecule has 5 heteroatoms. The lowest BCUT2D eigenvalue weighted by molar-refractivity contribution is 0.476. The molecule has 1 heterocycles. The first-order valence-corrected chi connectivity index (χ1v) is 3.81. The Hall–Kier alpha value is -1.91. The van der Waals surface area contributed by atoms with Crippen molar-refractivity contribution in [2.45, 2.75) is 6.92 Å². The Morgan fingerprint density at radius 3 is 2.92 bits per heavy atom. The summed E-state index contributed by atoms with van der Waals surface area (Å²) in [5.41, 5.74) is 1.63. The number of H-pyrrole nitrogens is 1. The van der Waals surface area contributed by atoms with Crippen molar-refractivity contribution in [1.82, 2.24) is 20.6 Å². The van der Waals surface area contributed by atoms with E-state index in [1.807, 2.05) is 13.0 Å². The van der Waals surface area contributed by atoms with Gasteiger partial charge in [0.15, 0.2) is 0 Å². The SMILES string of the molecule is Cc1ccc(O)c(-c2nn[nH]n2)c1. The molecule has 0 saturated carbocycles. The molecule has 0 saturated heterocycles. The quantitative estimate of drug-likeness (QED) is 0.676. The van der Waals surface area contributed by atoms with Gasteiger partial charge in [-0.05, 0) is 24.3 Å². The highest BCUT2D eigenvalue weighted by atomic mass is 16.3. The Bertz CT molecular complexity index is 410. The molecule has 0 aliphatic carbocycles. The van der Waals surface area contributed by atoms with Crippen molar-refractivity contribution in [3.63, 3.8) is 0 Å². The number of nitrogens with zero attached hydrogens (tertiary/aromatic N) is 3. The first kappa shape index (κ1) is 7.72. The molecule has 0 aliphatic rings. The summed E-state index contributed by atoms with van der Waals surface area (Å²) in [7, 11) is 0. The van der Waals surface area contributed by atoms with Gasteiger partial charge in [-0.25, -0.2) is 0 Å². The van der Waals surface area contributed by atoms with Gasteiger partial charge in [0.25, 0.3) is 0 Å². The number of rotatable bonds is 1. The monoisotopic (exact) mass is 176 g/mol. The number of nitrogens with one attached hydrogen (secondary N) is 1. The molecule has 66 valence electrons. The van der Waals surface area contributed by atoms with E-state index in [9.17, 15) is 5.11 Å². The lowest BCUT2D eigenvalue weighted by Gasteiger charge is -1.99. The maximum absolute atomic E-state index is 9.49. The fourth-order valence-corrected chi connectivity index (χ4v) is 1.10. The van der Waals surface area contributed by atoms with Crippen LogP contribution in [0.25, 0.3) is 11.4 Å². The van der Waals surface area contributed by atoms with Gasteiger partial charge in [-0.2, -0.15) is 5.21 Å². The summed E-state index contributed by atoms with van der Waals surface area (Å²) in [4.78, 5) is 0. The number of aromatic hydroxyl groups is 1. The lowest BCUT2D eigenvalue weighted by atomic mass is 10.1. The molecule has 1 aromatic carbocycles. The predicted molar refractivity (Wildman–Crippen MR) is 46.0 cm³/mol. The van der Waals surface area contributed by atoms with Gasteiger partial charge in [0, 0.05) is 0 Å². The molecule has 2 aromatic rings. The first-order chi connectivity index (χ1) is 6.27. The van der Waals surface area contributed by atoms with E-state index in [4.69, 9.17) is 0 Å². The van der Waals surface area contributed by atoms with Crippen LogP contribution in [-0.4, -0.2) is 25.7 Å². The summed E-state index contributed by atoms with van der Waals surface area (Å²) in [6, 6.07) is 5.24. The van der Waals surface area contributed by atoms with Crippen LogP contribution in [0.2, 0.25) is 0 Å². The molecule has 0 amide bonds. The highest BCUT2D eigenvalue weighted by molar-refractivity contribution is 5.63. The zero-order valence-electron chi connectivity index (χ0n) is 7.02. The Kier molecular flexibility index (Phi) is 1.70. The summed E-state index contributed by atoms with van der Waals surface area (Å²) < 4.78 is 0. The molecule has 0 unspecified atom stereocenters. The lowest BCUT2D eigenvalue weighted by Crippen LogP contribution is -1.83. The summed E-state index contributed by atoms with van der Waals surface area (Å²) >= 11 is 0. The highest BCUT2D eigenvalue weighted by Crippen LogP contribution is 2.25. The van der Waals surface area contributed by atoms with E-state index in [0.29, 0.717) is 11.4 Å². The molecule has 0 radical (unpaired) electrons. The van der Waals surface area contributed by atoms with Gasteiger partial charge >= 0.3 is 0 Å². The highest BCUT2D eigenvalue weighted by Gasteiger charge is 2.07. The van der Waals surface area contributed by atoms with E-state index in [1.165, 1.54) is 0 Å². The smallest absolute Gasteiger partial charge is 0.208 e. The minimum Gasteiger partial charge on any atom is -0.507 e. The molecule has 0 aliphatic heterocycles. The summed E-state index contributed by atoms with van der Waals surface area (Å²) in [6.07, 6.45) is 0. The van der Waals surface area contributed by atoms with Crippen molar-refractivity contribution in [1.29, 1.82) is 0 Å². The van der Waals surface area contributed by atoms with Crippen LogP contribution in [0.3, 0.4) is 0 Å². The number of hydrogen-bond acceptors (Lipinski definition) is 4. The largest absolute Gasteiger partial charge is 0.507 e. The molecule has 0 atom stereocenters. The summed E-state index contributed by atoms with van der Waals surface area (Å²) in [5.74, 6) is 0.563. The van der Waals surface area contributed by atoms with Crippen molar-refractivity contribution < 1.29 is 5.11 Å². The maximum atomic E-state index is 9.49. The molecular formula is C8H8N4O. The first-order valence-electron chi connectivity index (χ1n) is 3.81. The van der Waals surface area contributed by atoms with Gasteiger partial charge < -0.3 is 5.11 Å². The van der Waals surface area contributed by atoms with Gasteiger partial charge in [0.05, 0.1) is 5.56 Å². The molecule has 2 N–H and O–H groups in total. The van der Waals surface area contributed by atoms with Crippen LogP contribution in [-0.2, 0) is 0 Å². The van der Waals surface area contributed by atoms with Gasteiger partial charge in [-0.3, -0.25) is 0 Å². The Labute approximate surface area is 74.4 Å². The number of benzene rings is 1. The maximum Gasteiger partial charge on any atom is 0.208 e. The Balaban J connectivity index is 2.57. The third-order valence-electron chi connectivity index (χ3n) is 1.74. The summed E-state index contributed by atoms with van der Waals surface area (Å²) in [5, 5.41) is 22.8. The second kappa shape index (κ2) is 2.85. The number of hydrogen-bond donors (Lipinski definition) is 2. The number of phenols is 1. The standard InChI is InChI=1S/C8H8N4O/c1-5-2-3-7(13)6(4-5)8-9-11-12-10-8/h2-4,13H,1H3,(H,9,10,11,12). The molecule has 2 rings (SSSR count). The fourth-order valence-electron chi connectivity index (χ4n) is 1.10. The molecule has 13 heavy (non-hydrogen) atoms. The summed E-state index contributed by atoms with van der Waals surface area (Å²) in [6.45, 7) is 1.93. The number of aromatic nitrogens is 4. The number of aryl methyl sites for hydroxylation is 1. The number of aromatic amines is 1. The van der Waals surface area contributed by atoms with Crippen molar-refractivity contribution in [3.8, 4) is 17.1 Å². The zero-order chi connectivity index (χ0) is 9.26. The van der Waals surface area contributed by atoms with Crippen LogP contribution >= 0.6 is 0 Å².